The van der Waals surface area contributed by atoms with E-state index in [0.717, 1.165) is 0 Å². The van der Waals surface area contributed by atoms with Crippen LogP contribution in [-0.2, 0) is 6.54 Å². The Morgan fingerprint density at radius 2 is 2.28 bits per heavy atom. The summed E-state index contributed by atoms with van der Waals surface area (Å²) in [6, 6.07) is 6.06. The third-order valence-electron chi connectivity index (χ3n) is 2.51. The number of aromatic nitrogens is 2. The fraction of sp³-hybridized carbons (Fsp3) is 0.167. The molecule has 0 atom stereocenters. The fourth-order valence-corrected chi connectivity index (χ4v) is 1.72. The van der Waals surface area contributed by atoms with Gasteiger partial charge in [0.2, 0.25) is 0 Å². The smallest absolute Gasteiger partial charge is 0.269 e. The molecule has 18 heavy (non-hydrogen) atoms. The molecule has 0 aliphatic heterocycles. The van der Waals surface area contributed by atoms with Crippen molar-refractivity contribution in [2.24, 2.45) is 0 Å². The summed E-state index contributed by atoms with van der Waals surface area (Å²) in [7, 11) is 1.69. The van der Waals surface area contributed by atoms with Crippen LogP contribution in [0.4, 0.5) is 10.1 Å². The molecule has 1 N–H and O–H groups in total. The molecule has 0 saturated heterocycles. The van der Waals surface area contributed by atoms with E-state index in [1.54, 1.807) is 19.2 Å². The Balaban J connectivity index is 2.35. The Hall–Kier alpha value is -1.88. The largest absolute Gasteiger partial charge is 0.387 e. The third-order valence-corrected chi connectivity index (χ3v) is 2.80. The number of nitrogens with zero attached hydrogens (tertiary/aromatic N) is 2. The Morgan fingerprint density at radius 3 is 2.94 bits per heavy atom. The van der Waals surface area contributed by atoms with Crippen molar-refractivity contribution in [2.45, 2.75) is 6.54 Å². The summed E-state index contributed by atoms with van der Waals surface area (Å²) >= 11 is 5.67. The second-order valence-electron chi connectivity index (χ2n) is 3.70. The maximum atomic E-state index is 13.7. The van der Waals surface area contributed by atoms with Gasteiger partial charge in [-0.3, -0.25) is 4.79 Å². The van der Waals surface area contributed by atoms with Crippen molar-refractivity contribution in [3.8, 4) is 0 Å². The first-order valence-electron chi connectivity index (χ1n) is 5.29. The molecule has 1 heterocycles. The fourth-order valence-electron chi connectivity index (χ4n) is 1.52. The lowest BCUT2D eigenvalue weighted by atomic mass is 10.2. The van der Waals surface area contributed by atoms with Gasteiger partial charge in [-0.05, 0) is 6.07 Å². The molecule has 0 aliphatic rings. The Morgan fingerprint density at radius 1 is 1.50 bits per heavy atom. The number of benzene rings is 1. The first-order chi connectivity index (χ1) is 8.61. The average molecular weight is 268 g/mol. The minimum Gasteiger partial charge on any atom is -0.387 e. The topological polar surface area (TPSA) is 46.9 Å². The molecule has 2 rings (SSSR count). The maximum absolute atomic E-state index is 13.7. The number of rotatable bonds is 3. The van der Waals surface area contributed by atoms with Crippen LogP contribution in [0.3, 0.4) is 0 Å². The normalized spacial score (nSPS) is 10.4. The van der Waals surface area contributed by atoms with Crippen molar-refractivity contribution in [1.82, 2.24) is 9.78 Å². The van der Waals surface area contributed by atoms with Gasteiger partial charge in [-0.15, -0.1) is 0 Å². The van der Waals surface area contributed by atoms with Gasteiger partial charge < -0.3 is 5.32 Å². The highest BCUT2D eigenvalue weighted by molar-refractivity contribution is 6.30. The zero-order valence-corrected chi connectivity index (χ0v) is 10.4. The summed E-state index contributed by atoms with van der Waals surface area (Å²) in [6.45, 7) is 0.0508. The van der Waals surface area contributed by atoms with Gasteiger partial charge in [0.25, 0.3) is 5.56 Å². The number of hydrogen-bond acceptors (Lipinski definition) is 3. The zero-order chi connectivity index (χ0) is 13.1. The molecule has 6 heteroatoms. The second-order valence-corrected chi connectivity index (χ2v) is 4.11. The molecule has 4 nitrogen and oxygen atoms in total. The van der Waals surface area contributed by atoms with E-state index in [-0.39, 0.29) is 17.1 Å². The van der Waals surface area contributed by atoms with E-state index in [9.17, 15) is 9.18 Å². The van der Waals surface area contributed by atoms with E-state index < -0.39 is 5.82 Å². The summed E-state index contributed by atoms with van der Waals surface area (Å²) in [4.78, 5) is 11.7. The van der Waals surface area contributed by atoms with Crippen LogP contribution in [0.5, 0.6) is 0 Å². The molecular weight excluding hydrogens is 257 g/mol. The molecule has 0 bridgehead atoms. The molecule has 94 valence electrons. The van der Waals surface area contributed by atoms with E-state index >= 15 is 0 Å². The van der Waals surface area contributed by atoms with Crippen molar-refractivity contribution in [3.05, 3.63) is 57.2 Å². The second kappa shape index (κ2) is 5.18. The summed E-state index contributed by atoms with van der Waals surface area (Å²) in [5.41, 5.74) is 0.637. The standard InChI is InChI=1S/C12H11ClFN3O/c1-15-9-5-11(18)17(16-6-9)7-8-3-2-4-10(13)12(8)14/h2-6,15H,7H2,1H3. The summed E-state index contributed by atoms with van der Waals surface area (Å²) in [6.07, 6.45) is 1.50. The first-order valence-corrected chi connectivity index (χ1v) is 5.67. The molecule has 0 fully saturated rings. The van der Waals surface area contributed by atoms with Crippen LogP contribution in [0.2, 0.25) is 5.02 Å². The Labute approximate surface area is 108 Å². The zero-order valence-electron chi connectivity index (χ0n) is 9.65. The highest BCUT2D eigenvalue weighted by Crippen LogP contribution is 2.18. The molecule has 0 saturated carbocycles. The minimum absolute atomic E-state index is 0.0346. The lowest BCUT2D eigenvalue weighted by molar-refractivity contribution is 0.573. The maximum Gasteiger partial charge on any atom is 0.269 e. The van der Waals surface area contributed by atoms with Crippen LogP contribution >= 0.6 is 11.6 Å². The molecule has 0 amide bonds. The molecule has 0 aliphatic carbocycles. The summed E-state index contributed by atoms with van der Waals surface area (Å²) < 4.78 is 14.9. The van der Waals surface area contributed by atoms with Crippen molar-refractivity contribution >= 4 is 17.3 Å². The van der Waals surface area contributed by atoms with Crippen LogP contribution in [0.25, 0.3) is 0 Å². The quantitative estimate of drug-likeness (QED) is 0.927. The van der Waals surface area contributed by atoms with Crippen LogP contribution in [0.15, 0.2) is 35.3 Å². The monoisotopic (exact) mass is 267 g/mol. The van der Waals surface area contributed by atoms with Crippen LogP contribution in [-0.4, -0.2) is 16.8 Å². The van der Waals surface area contributed by atoms with Gasteiger partial charge in [0.15, 0.2) is 0 Å². The lowest BCUT2D eigenvalue weighted by Gasteiger charge is -2.07. The van der Waals surface area contributed by atoms with Crippen molar-refractivity contribution in [1.29, 1.82) is 0 Å². The number of nitrogens with one attached hydrogen (secondary N) is 1. The van der Waals surface area contributed by atoms with Gasteiger partial charge in [-0.2, -0.15) is 5.10 Å². The van der Waals surface area contributed by atoms with Gasteiger partial charge >= 0.3 is 0 Å². The minimum atomic E-state index is -0.523. The SMILES string of the molecule is CNc1cnn(Cc2cccc(Cl)c2F)c(=O)c1. The van der Waals surface area contributed by atoms with Gasteiger partial charge in [-0.25, -0.2) is 9.07 Å². The van der Waals surface area contributed by atoms with Crippen LogP contribution < -0.4 is 10.9 Å². The van der Waals surface area contributed by atoms with E-state index in [1.165, 1.54) is 23.0 Å². The van der Waals surface area contributed by atoms with Crippen molar-refractivity contribution < 1.29 is 4.39 Å². The van der Waals surface area contributed by atoms with E-state index in [4.69, 9.17) is 11.6 Å². The molecule has 1 aromatic heterocycles. The summed E-state index contributed by atoms with van der Waals surface area (Å²) in [5.74, 6) is -0.523. The average Bonchev–Trinajstić information content (AvgIpc) is 2.37. The van der Waals surface area contributed by atoms with Gasteiger partial charge in [0.1, 0.15) is 5.82 Å². The van der Waals surface area contributed by atoms with E-state index in [0.29, 0.717) is 11.3 Å². The Bertz CT molecular complexity index is 627. The molecule has 1 aromatic carbocycles. The molecule has 0 spiro atoms. The molecule has 0 unspecified atom stereocenters. The highest BCUT2D eigenvalue weighted by atomic mass is 35.5. The number of halogens is 2. The lowest BCUT2D eigenvalue weighted by Crippen LogP contribution is -2.23. The van der Waals surface area contributed by atoms with Crippen molar-refractivity contribution in [3.63, 3.8) is 0 Å². The van der Waals surface area contributed by atoms with E-state index in [2.05, 4.69) is 10.4 Å². The number of hydrogen-bond donors (Lipinski definition) is 1. The van der Waals surface area contributed by atoms with Crippen LogP contribution in [0, 0.1) is 5.82 Å². The summed E-state index contributed by atoms with van der Waals surface area (Å²) in [5, 5.41) is 6.79. The molecule has 0 radical (unpaired) electrons. The Kier molecular flexibility index (Phi) is 3.62. The predicted octanol–water partition coefficient (Wildman–Crippen LogP) is 2.13. The van der Waals surface area contributed by atoms with Gasteiger partial charge in [0, 0.05) is 18.7 Å². The molecule has 2 aromatic rings. The highest BCUT2D eigenvalue weighted by Gasteiger charge is 2.08. The molecular formula is C12H11ClFN3O. The van der Waals surface area contributed by atoms with Gasteiger partial charge in [0.05, 0.1) is 23.5 Å². The van der Waals surface area contributed by atoms with E-state index in [1.807, 2.05) is 0 Å². The predicted molar refractivity (Wildman–Crippen MR) is 68.6 cm³/mol. The van der Waals surface area contributed by atoms with Crippen molar-refractivity contribution in [2.75, 3.05) is 12.4 Å². The van der Waals surface area contributed by atoms with Crippen LogP contribution in [0.1, 0.15) is 5.56 Å². The third kappa shape index (κ3) is 2.51. The van der Waals surface area contributed by atoms with Gasteiger partial charge in [-0.1, -0.05) is 23.7 Å². The number of anilines is 1. The first kappa shape index (κ1) is 12.6.